The predicted molar refractivity (Wildman–Crippen MR) is 116 cm³/mol. The number of fused-ring (bicyclic) bond motifs is 1. The van der Waals surface area contributed by atoms with Crippen LogP contribution in [0.4, 0.5) is 0 Å². The average molecular weight is 445 g/mol. The maximum atomic E-state index is 12.8. The van der Waals surface area contributed by atoms with Crippen molar-refractivity contribution in [2.24, 2.45) is 0 Å². The van der Waals surface area contributed by atoms with Gasteiger partial charge in [0.05, 0.1) is 36.2 Å². The Morgan fingerprint density at radius 2 is 1.77 bits per heavy atom. The van der Waals surface area contributed by atoms with E-state index < -0.39 is 22.2 Å². The summed E-state index contributed by atoms with van der Waals surface area (Å²) in [5.41, 5.74) is 2.46. The summed E-state index contributed by atoms with van der Waals surface area (Å²) in [6, 6.07) is 15.7. The summed E-state index contributed by atoms with van der Waals surface area (Å²) in [5, 5.41) is 9.78. The van der Waals surface area contributed by atoms with E-state index in [9.17, 15) is 18.3 Å². The molecule has 2 aliphatic heterocycles. The molecule has 1 fully saturated rings. The molecule has 31 heavy (non-hydrogen) atoms. The molecule has 3 atom stereocenters. The van der Waals surface area contributed by atoms with E-state index in [0.717, 1.165) is 6.42 Å². The number of amides is 1. The fourth-order valence-corrected chi connectivity index (χ4v) is 5.64. The number of carbonyl (C=O) groups excluding carboxylic acids is 1. The fourth-order valence-electron chi connectivity index (χ4n) is 4.32. The maximum Gasteiger partial charge on any atom is 0.240 e. The largest absolute Gasteiger partial charge is 0.394 e. The zero-order valence-electron chi connectivity index (χ0n) is 17.3. The third kappa shape index (κ3) is 5.15. The van der Waals surface area contributed by atoms with Crippen molar-refractivity contribution in [3.63, 3.8) is 0 Å². The van der Waals surface area contributed by atoms with Crippen molar-refractivity contribution in [2.45, 2.75) is 55.4 Å². The minimum absolute atomic E-state index is 0.0273. The summed E-state index contributed by atoms with van der Waals surface area (Å²) >= 11 is 0. The van der Waals surface area contributed by atoms with E-state index in [2.05, 4.69) is 16.9 Å². The van der Waals surface area contributed by atoms with Gasteiger partial charge in [-0.05, 0) is 42.5 Å². The first-order chi connectivity index (χ1) is 15.0. The molecule has 0 bridgehead atoms. The average Bonchev–Trinajstić information content (AvgIpc) is 2.80. The molecule has 7 nitrogen and oxygen atoms in total. The Bertz CT molecular complexity index is 1010. The SMILES string of the molecule is O=C(C[C@H]1CC[C@@H](NS(=O)(=O)c2ccccc2)[C@H](CO)O1)N1CCc2ccccc2C1. The molecule has 0 spiro atoms. The molecule has 4 rings (SSSR count). The molecular formula is C23H28N2O5S. The smallest absolute Gasteiger partial charge is 0.240 e. The number of benzene rings is 2. The van der Waals surface area contributed by atoms with Crippen LogP contribution in [0.2, 0.25) is 0 Å². The molecule has 0 aromatic heterocycles. The number of nitrogens with zero attached hydrogens (tertiary/aromatic N) is 1. The second-order valence-electron chi connectivity index (χ2n) is 8.14. The molecule has 8 heteroatoms. The molecule has 2 aromatic carbocycles. The lowest BCUT2D eigenvalue weighted by atomic mass is 9.96. The summed E-state index contributed by atoms with van der Waals surface area (Å²) < 4.78 is 33.8. The second-order valence-corrected chi connectivity index (χ2v) is 9.85. The Morgan fingerprint density at radius 1 is 1.06 bits per heavy atom. The summed E-state index contributed by atoms with van der Waals surface area (Å²) in [7, 11) is -3.71. The summed E-state index contributed by atoms with van der Waals surface area (Å²) in [6.07, 6.45) is 1.10. The monoisotopic (exact) mass is 444 g/mol. The van der Waals surface area contributed by atoms with Crippen molar-refractivity contribution in [3.05, 3.63) is 65.7 Å². The van der Waals surface area contributed by atoms with Gasteiger partial charge in [-0.2, -0.15) is 0 Å². The van der Waals surface area contributed by atoms with E-state index in [1.54, 1.807) is 18.2 Å². The lowest BCUT2D eigenvalue weighted by molar-refractivity contribution is -0.140. The molecule has 2 N–H and O–H groups in total. The highest BCUT2D eigenvalue weighted by Gasteiger charge is 2.35. The van der Waals surface area contributed by atoms with E-state index in [4.69, 9.17) is 4.74 Å². The van der Waals surface area contributed by atoms with Crippen LogP contribution in [0, 0.1) is 0 Å². The standard InChI is InChI=1S/C23H28N2O5S/c26-16-22-21(24-31(28,29)20-8-2-1-3-9-20)11-10-19(30-22)14-23(27)25-13-12-17-6-4-5-7-18(17)15-25/h1-9,19,21-22,24,26H,10-16H2/t19-,21-,22+/m1/s1. The van der Waals surface area contributed by atoms with Gasteiger partial charge in [-0.15, -0.1) is 0 Å². The van der Waals surface area contributed by atoms with Crippen LogP contribution in [-0.4, -0.2) is 55.7 Å². The van der Waals surface area contributed by atoms with E-state index in [1.807, 2.05) is 17.0 Å². The van der Waals surface area contributed by atoms with Gasteiger partial charge in [-0.25, -0.2) is 13.1 Å². The Labute approximate surface area is 183 Å². The molecule has 0 unspecified atom stereocenters. The lowest BCUT2D eigenvalue weighted by Crippen LogP contribution is -2.51. The molecular weight excluding hydrogens is 416 g/mol. The van der Waals surface area contributed by atoms with E-state index >= 15 is 0 Å². The van der Waals surface area contributed by atoms with Gasteiger partial charge in [0, 0.05) is 13.1 Å². The van der Waals surface area contributed by atoms with Crippen molar-refractivity contribution >= 4 is 15.9 Å². The first kappa shape index (κ1) is 22.0. The highest BCUT2D eigenvalue weighted by molar-refractivity contribution is 7.89. The predicted octanol–water partition coefficient (Wildman–Crippen LogP) is 1.85. The quantitative estimate of drug-likeness (QED) is 0.709. The number of nitrogens with one attached hydrogen (secondary N) is 1. The third-order valence-electron chi connectivity index (χ3n) is 6.04. The Morgan fingerprint density at radius 3 is 2.52 bits per heavy atom. The van der Waals surface area contributed by atoms with Crippen LogP contribution in [0.25, 0.3) is 0 Å². The first-order valence-corrected chi connectivity index (χ1v) is 12.1. The van der Waals surface area contributed by atoms with Crippen LogP contribution in [0.3, 0.4) is 0 Å². The van der Waals surface area contributed by atoms with Crippen LogP contribution in [0.5, 0.6) is 0 Å². The maximum absolute atomic E-state index is 12.8. The topological polar surface area (TPSA) is 95.9 Å². The highest BCUT2D eigenvalue weighted by atomic mass is 32.2. The minimum atomic E-state index is -3.71. The highest BCUT2D eigenvalue weighted by Crippen LogP contribution is 2.25. The number of hydrogen-bond donors (Lipinski definition) is 2. The molecule has 1 amide bonds. The molecule has 1 saturated heterocycles. The van der Waals surface area contributed by atoms with Gasteiger partial charge in [0.2, 0.25) is 15.9 Å². The van der Waals surface area contributed by atoms with E-state index in [0.29, 0.717) is 25.9 Å². The lowest BCUT2D eigenvalue weighted by Gasteiger charge is -2.37. The van der Waals surface area contributed by atoms with Crippen molar-refractivity contribution in [1.82, 2.24) is 9.62 Å². The van der Waals surface area contributed by atoms with Crippen molar-refractivity contribution in [1.29, 1.82) is 0 Å². The van der Waals surface area contributed by atoms with Crippen LogP contribution >= 0.6 is 0 Å². The molecule has 2 heterocycles. The van der Waals surface area contributed by atoms with Crippen molar-refractivity contribution in [3.8, 4) is 0 Å². The van der Waals surface area contributed by atoms with E-state index in [1.165, 1.54) is 23.3 Å². The number of aliphatic hydroxyl groups excluding tert-OH is 1. The Balaban J connectivity index is 1.34. The number of sulfonamides is 1. The number of aliphatic hydroxyl groups is 1. The Kier molecular flexibility index (Phi) is 6.71. The zero-order valence-corrected chi connectivity index (χ0v) is 18.1. The molecule has 0 radical (unpaired) electrons. The van der Waals surface area contributed by atoms with Gasteiger partial charge >= 0.3 is 0 Å². The van der Waals surface area contributed by atoms with Crippen LogP contribution in [-0.2, 0) is 32.5 Å². The van der Waals surface area contributed by atoms with Gasteiger partial charge < -0.3 is 14.7 Å². The fraction of sp³-hybridized carbons (Fsp3) is 0.435. The first-order valence-electron chi connectivity index (χ1n) is 10.6. The molecule has 2 aliphatic rings. The van der Waals surface area contributed by atoms with Crippen LogP contribution in [0.1, 0.15) is 30.4 Å². The molecule has 0 aliphatic carbocycles. The van der Waals surface area contributed by atoms with Gasteiger partial charge in [-0.1, -0.05) is 42.5 Å². The normalized spacial score (nSPS) is 23.9. The van der Waals surface area contributed by atoms with Crippen molar-refractivity contribution < 1.29 is 23.1 Å². The summed E-state index contributed by atoms with van der Waals surface area (Å²) in [4.78, 5) is 14.9. The molecule has 166 valence electrons. The Hall–Kier alpha value is -2.26. The van der Waals surface area contributed by atoms with Gasteiger partial charge in [0.25, 0.3) is 0 Å². The molecule has 2 aromatic rings. The molecule has 0 saturated carbocycles. The van der Waals surface area contributed by atoms with Gasteiger partial charge in [0.15, 0.2) is 0 Å². The number of carbonyl (C=O) groups is 1. The van der Waals surface area contributed by atoms with Crippen LogP contribution < -0.4 is 4.72 Å². The van der Waals surface area contributed by atoms with Gasteiger partial charge in [0.1, 0.15) is 0 Å². The van der Waals surface area contributed by atoms with E-state index in [-0.39, 0.29) is 29.9 Å². The minimum Gasteiger partial charge on any atom is -0.394 e. The van der Waals surface area contributed by atoms with Gasteiger partial charge in [-0.3, -0.25) is 4.79 Å². The third-order valence-corrected chi connectivity index (χ3v) is 7.55. The number of hydrogen-bond acceptors (Lipinski definition) is 5. The summed E-state index contributed by atoms with van der Waals surface area (Å²) in [6.45, 7) is 0.972. The van der Waals surface area contributed by atoms with Crippen molar-refractivity contribution in [2.75, 3.05) is 13.2 Å². The number of ether oxygens (including phenoxy) is 1. The zero-order chi connectivity index (χ0) is 21.8. The number of rotatable bonds is 6. The van der Waals surface area contributed by atoms with Crippen LogP contribution in [0.15, 0.2) is 59.5 Å². The summed E-state index contributed by atoms with van der Waals surface area (Å²) in [5.74, 6) is 0.0273. The second kappa shape index (κ2) is 9.48.